The molecular weight excluding hydrogens is 355 g/mol. The molecule has 4 rings (SSSR count). The van der Waals surface area contributed by atoms with Gasteiger partial charge in [-0.3, -0.25) is 4.79 Å². The number of rotatable bonds is 5. The van der Waals surface area contributed by atoms with Gasteiger partial charge in [0.25, 0.3) is 5.91 Å². The van der Waals surface area contributed by atoms with Gasteiger partial charge in [-0.25, -0.2) is 9.07 Å². The number of carbonyl (C=O) groups is 1. The molecule has 0 atom stereocenters. The van der Waals surface area contributed by atoms with Crippen molar-refractivity contribution in [3.05, 3.63) is 102 Å². The maximum atomic E-state index is 13.0. The van der Waals surface area contributed by atoms with Crippen molar-refractivity contribution in [3.63, 3.8) is 0 Å². The molecule has 0 saturated heterocycles. The number of carbonyl (C=O) groups excluding carboxylic acids is 1. The number of aromatic nitrogens is 3. The fourth-order valence-corrected chi connectivity index (χ4v) is 2.98. The predicted octanol–water partition coefficient (Wildman–Crippen LogP) is 4.04. The van der Waals surface area contributed by atoms with E-state index in [2.05, 4.69) is 10.4 Å². The lowest BCUT2D eigenvalue weighted by Gasteiger charge is -2.11. The normalized spacial score (nSPS) is 10.8. The van der Waals surface area contributed by atoms with Gasteiger partial charge in [0.15, 0.2) is 5.82 Å². The molecule has 4 aromatic rings. The van der Waals surface area contributed by atoms with Gasteiger partial charge in [0.1, 0.15) is 11.4 Å². The zero-order chi connectivity index (χ0) is 19.5. The molecule has 6 heteroatoms. The number of halogens is 1. The largest absolute Gasteiger partial charge is 0.348 e. The molecule has 0 fully saturated rings. The Morgan fingerprint density at radius 3 is 2.39 bits per heavy atom. The molecule has 5 nitrogen and oxygen atoms in total. The van der Waals surface area contributed by atoms with E-state index < -0.39 is 0 Å². The van der Waals surface area contributed by atoms with Crippen LogP contribution in [0.2, 0.25) is 0 Å². The zero-order valence-corrected chi connectivity index (χ0v) is 15.3. The summed E-state index contributed by atoms with van der Waals surface area (Å²) in [6.07, 6.45) is 5.31. The zero-order valence-electron chi connectivity index (χ0n) is 15.3. The molecule has 1 N–H and O–H groups in total. The van der Waals surface area contributed by atoms with Crippen LogP contribution in [0.4, 0.5) is 4.39 Å². The van der Waals surface area contributed by atoms with Crippen molar-refractivity contribution >= 4 is 5.91 Å². The highest BCUT2D eigenvalue weighted by atomic mass is 19.1. The summed E-state index contributed by atoms with van der Waals surface area (Å²) in [4.78, 5) is 12.8. The fraction of sp³-hybridized carbons (Fsp3) is 0.0909. The van der Waals surface area contributed by atoms with E-state index in [9.17, 15) is 9.18 Å². The Kier molecular flexibility index (Phi) is 4.76. The first-order valence-corrected chi connectivity index (χ1v) is 8.93. The van der Waals surface area contributed by atoms with Gasteiger partial charge in [-0.05, 0) is 48.9 Å². The predicted molar refractivity (Wildman–Crippen MR) is 105 cm³/mol. The van der Waals surface area contributed by atoms with Gasteiger partial charge in [-0.15, -0.1) is 0 Å². The molecule has 0 saturated carbocycles. The van der Waals surface area contributed by atoms with Crippen molar-refractivity contribution < 1.29 is 9.18 Å². The summed E-state index contributed by atoms with van der Waals surface area (Å²) in [7, 11) is 0. The Bertz CT molecular complexity index is 1080. The molecule has 0 bridgehead atoms. The van der Waals surface area contributed by atoms with E-state index in [1.54, 1.807) is 23.0 Å². The second-order valence-corrected chi connectivity index (χ2v) is 6.53. The topological polar surface area (TPSA) is 51.9 Å². The first kappa shape index (κ1) is 17.7. The van der Waals surface area contributed by atoms with E-state index in [-0.39, 0.29) is 11.7 Å². The molecule has 1 amide bonds. The van der Waals surface area contributed by atoms with Crippen molar-refractivity contribution in [3.8, 4) is 11.5 Å². The van der Waals surface area contributed by atoms with Gasteiger partial charge in [0.2, 0.25) is 0 Å². The number of nitrogens with zero attached hydrogens (tertiary/aromatic N) is 3. The van der Waals surface area contributed by atoms with Gasteiger partial charge >= 0.3 is 0 Å². The minimum Gasteiger partial charge on any atom is -0.348 e. The van der Waals surface area contributed by atoms with E-state index in [1.165, 1.54) is 12.1 Å². The van der Waals surface area contributed by atoms with E-state index in [4.69, 9.17) is 0 Å². The molecule has 2 aromatic heterocycles. The molecule has 0 aliphatic rings. The summed E-state index contributed by atoms with van der Waals surface area (Å²) in [5.74, 6) is 0.112. The summed E-state index contributed by atoms with van der Waals surface area (Å²) in [6, 6.07) is 17.8. The molecule has 140 valence electrons. The van der Waals surface area contributed by atoms with Crippen LogP contribution in [0.15, 0.2) is 79.3 Å². The monoisotopic (exact) mass is 374 g/mol. The second-order valence-electron chi connectivity index (χ2n) is 6.53. The van der Waals surface area contributed by atoms with Crippen molar-refractivity contribution in [1.29, 1.82) is 0 Å². The van der Waals surface area contributed by atoms with Crippen LogP contribution in [0.25, 0.3) is 11.5 Å². The van der Waals surface area contributed by atoms with Crippen LogP contribution in [0.5, 0.6) is 0 Å². The Morgan fingerprint density at radius 2 is 1.71 bits per heavy atom. The molecule has 2 aromatic carbocycles. The van der Waals surface area contributed by atoms with Crippen LogP contribution in [-0.2, 0) is 6.54 Å². The van der Waals surface area contributed by atoms with Crippen LogP contribution in [0.1, 0.15) is 21.5 Å². The first-order chi connectivity index (χ1) is 13.6. The average molecular weight is 374 g/mol. The lowest BCUT2D eigenvalue weighted by molar-refractivity contribution is 0.0951. The molecule has 2 heterocycles. The Balaban J connectivity index is 1.65. The van der Waals surface area contributed by atoms with Crippen LogP contribution in [-0.4, -0.2) is 20.3 Å². The lowest BCUT2D eigenvalue weighted by atomic mass is 10.2. The summed E-state index contributed by atoms with van der Waals surface area (Å²) in [5, 5.41) is 7.33. The van der Waals surface area contributed by atoms with E-state index >= 15 is 0 Å². The highest BCUT2D eigenvalue weighted by Crippen LogP contribution is 2.20. The summed E-state index contributed by atoms with van der Waals surface area (Å²) in [5.41, 5.74) is 3.30. The second kappa shape index (κ2) is 7.52. The maximum Gasteiger partial charge on any atom is 0.256 e. The van der Waals surface area contributed by atoms with Crippen molar-refractivity contribution in [2.24, 2.45) is 0 Å². The minimum absolute atomic E-state index is 0.244. The molecular formula is C22H19FN4O. The Labute approximate surface area is 162 Å². The smallest absolute Gasteiger partial charge is 0.256 e. The number of hydrogen-bond acceptors (Lipinski definition) is 2. The number of benzene rings is 2. The average Bonchev–Trinajstić information content (AvgIpc) is 3.37. The molecule has 0 unspecified atom stereocenters. The quantitative estimate of drug-likeness (QED) is 0.573. The van der Waals surface area contributed by atoms with Crippen LogP contribution in [0.3, 0.4) is 0 Å². The third-order valence-corrected chi connectivity index (χ3v) is 4.48. The Hall–Kier alpha value is -3.67. The number of aryl methyl sites for hydroxylation is 1. The Morgan fingerprint density at radius 1 is 1.04 bits per heavy atom. The van der Waals surface area contributed by atoms with Gasteiger partial charge < -0.3 is 9.88 Å². The van der Waals surface area contributed by atoms with E-state index in [0.29, 0.717) is 17.9 Å². The number of nitrogens with one attached hydrogen (secondary N) is 1. The van der Waals surface area contributed by atoms with E-state index in [0.717, 1.165) is 16.8 Å². The first-order valence-electron chi connectivity index (χ1n) is 8.93. The molecule has 0 radical (unpaired) electrons. The highest BCUT2D eigenvalue weighted by Gasteiger charge is 2.19. The summed E-state index contributed by atoms with van der Waals surface area (Å²) >= 11 is 0. The van der Waals surface area contributed by atoms with Crippen LogP contribution in [0, 0.1) is 12.7 Å². The third-order valence-electron chi connectivity index (χ3n) is 4.48. The van der Waals surface area contributed by atoms with Crippen molar-refractivity contribution in [2.45, 2.75) is 13.5 Å². The lowest BCUT2D eigenvalue weighted by Crippen LogP contribution is -2.24. The number of hydrogen-bond donors (Lipinski definition) is 1. The maximum absolute atomic E-state index is 13.0. The highest BCUT2D eigenvalue weighted by molar-refractivity contribution is 5.97. The minimum atomic E-state index is -0.302. The molecule has 0 spiro atoms. The standard InChI is InChI=1S/C22H19FN4O/c1-16-4-10-19(11-5-16)27-22(26-12-2-3-13-26)20(15-25-27)21(28)24-14-17-6-8-18(23)9-7-17/h2-13,15H,14H2,1H3,(H,24,28). The molecule has 28 heavy (non-hydrogen) atoms. The van der Waals surface area contributed by atoms with Gasteiger partial charge in [-0.1, -0.05) is 29.8 Å². The molecule has 0 aliphatic heterocycles. The van der Waals surface area contributed by atoms with Gasteiger partial charge in [0.05, 0.1) is 11.9 Å². The van der Waals surface area contributed by atoms with Crippen LogP contribution >= 0.6 is 0 Å². The van der Waals surface area contributed by atoms with Crippen molar-refractivity contribution in [1.82, 2.24) is 19.7 Å². The SMILES string of the molecule is Cc1ccc(-n2ncc(C(=O)NCc3ccc(F)cc3)c2-n2cccc2)cc1. The third kappa shape index (κ3) is 3.57. The van der Waals surface area contributed by atoms with E-state index in [1.807, 2.05) is 60.3 Å². The van der Waals surface area contributed by atoms with Gasteiger partial charge in [-0.2, -0.15) is 5.10 Å². The van der Waals surface area contributed by atoms with Crippen molar-refractivity contribution in [2.75, 3.05) is 0 Å². The summed E-state index contributed by atoms with van der Waals surface area (Å²) in [6.45, 7) is 2.33. The summed E-state index contributed by atoms with van der Waals surface area (Å²) < 4.78 is 16.7. The van der Waals surface area contributed by atoms with Crippen LogP contribution < -0.4 is 5.32 Å². The van der Waals surface area contributed by atoms with Gasteiger partial charge in [0, 0.05) is 18.9 Å². The fourth-order valence-electron chi connectivity index (χ4n) is 2.98. The number of amides is 1. The molecule has 0 aliphatic carbocycles.